The van der Waals surface area contributed by atoms with Gasteiger partial charge in [0.25, 0.3) is 0 Å². The molecule has 1 aliphatic carbocycles. The molecule has 112 valence electrons. The fourth-order valence-corrected chi connectivity index (χ4v) is 4.34. The first kappa shape index (κ1) is 15.9. The van der Waals surface area contributed by atoms with Gasteiger partial charge in [0.1, 0.15) is 0 Å². The Labute approximate surface area is 130 Å². The third kappa shape index (κ3) is 4.24. The van der Waals surface area contributed by atoms with Crippen molar-refractivity contribution in [3.05, 3.63) is 21.9 Å². The molecule has 0 saturated heterocycles. The van der Waals surface area contributed by atoms with E-state index < -0.39 is 0 Å². The molecule has 20 heavy (non-hydrogen) atoms. The van der Waals surface area contributed by atoms with Gasteiger partial charge in [-0.15, -0.1) is 11.3 Å². The first-order chi connectivity index (χ1) is 9.60. The average molecular weight is 313 g/mol. The van der Waals surface area contributed by atoms with E-state index in [9.17, 15) is 4.79 Å². The summed E-state index contributed by atoms with van der Waals surface area (Å²) in [6, 6.07) is 2.67. The zero-order chi connectivity index (χ0) is 14.5. The lowest BCUT2D eigenvalue weighted by Gasteiger charge is -2.23. The Morgan fingerprint density at radius 2 is 2.35 bits per heavy atom. The molecular formula is C15H24N2OS2. The number of nitrogens with zero attached hydrogens (tertiary/aromatic N) is 1. The summed E-state index contributed by atoms with van der Waals surface area (Å²) < 4.78 is 0. The van der Waals surface area contributed by atoms with Crippen LogP contribution in [-0.2, 0) is 11.3 Å². The van der Waals surface area contributed by atoms with Crippen LogP contribution in [0.1, 0.15) is 29.7 Å². The number of likely N-dealkylation sites (N-methyl/N-ethyl adjacent to an activating group) is 1. The van der Waals surface area contributed by atoms with E-state index >= 15 is 0 Å². The number of rotatable bonds is 6. The van der Waals surface area contributed by atoms with Crippen molar-refractivity contribution in [1.29, 1.82) is 0 Å². The highest BCUT2D eigenvalue weighted by Gasteiger charge is 2.27. The van der Waals surface area contributed by atoms with Gasteiger partial charge in [0.05, 0.1) is 13.1 Å². The normalized spacial score (nSPS) is 22.4. The molecule has 0 spiro atoms. The van der Waals surface area contributed by atoms with Crippen LogP contribution in [0.3, 0.4) is 0 Å². The molecule has 0 aliphatic heterocycles. The fourth-order valence-electron chi connectivity index (χ4n) is 2.71. The van der Waals surface area contributed by atoms with Gasteiger partial charge in [0.15, 0.2) is 0 Å². The first-order valence-corrected chi connectivity index (χ1v) is 9.29. The quantitative estimate of drug-likeness (QED) is 0.876. The van der Waals surface area contributed by atoms with E-state index in [2.05, 4.69) is 41.9 Å². The van der Waals surface area contributed by atoms with Crippen molar-refractivity contribution in [1.82, 2.24) is 10.2 Å². The number of nitrogens with one attached hydrogen (secondary N) is 1. The van der Waals surface area contributed by atoms with E-state index in [4.69, 9.17) is 0 Å². The molecule has 2 rings (SSSR count). The second-order valence-electron chi connectivity index (χ2n) is 5.54. The van der Waals surface area contributed by atoms with Crippen LogP contribution in [0.25, 0.3) is 0 Å². The molecule has 1 aromatic heterocycles. The monoisotopic (exact) mass is 312 g/mol. The number of amides is 1. The van der Waals surface area contributed by atoms with Gasteiger partial charge >= 0.3 is 0 Å². The second-order valence-corrected chi connectivity index (χ2v) is 7.68. The van der Waals surface area contributed by atoms with Crippen molar-refractivity contribution < 1.29 is 4.79 Å². The number of hydrogen-bond donors (Lipinski definition) is 1. The highest BCUT2D eigenvalue weighted by atomic mass is 32.2. The van der Waals surface area contributed by atoms with Crippen molar-refractivity contribution in [2.45, 2.75) is 44.0 Å². The van der Waals surface area contributed by atoms with Crippen LogP contribution in [0.5, 0.6) is 0 Å². The largest absolute Gasteiger partial charge is 0.350 e. The summed E-state index contributed by atoms with van der Waals surface area (Å²) in [6.07, 6.45) is 5.91. The number of thiophene rings is 1. The lowest BCUT2D eigenvalue weighted by atomic mass is 10.2. The van der Waals surface area contributed by atoms with Crippen LogP contribution in [0.2, 0.25) is 0 Å². The molecule has 1 amide bonds. The first-order valence-electron chi connectivity index (χ1n) is 7.13. The maximum absolute atomic E-state index is 12.0. The Hall–Kier alpha value is -0.520. The van der Waals surface area contributed by atoms with E-state index in [1.165, 1.54) is 29.7 Å². The molecule has 1 fully saturated rings. The van der Waals surface area contributed by atoms with Gasteiger partial charge in [-0.2, -0.15) is 11.8 Å². The van der Waals surface area contributed by atoms with Gasteiger partial charge < -0.3 is 5.32 Å². The Bertz CT molecular complexity index is 447. The Morgan fingerprint density at radius 1 is 1.55 bits per heavy atom. The van der Waals surface area contributed by atoms with Gasteiger partial charge in [-0.1, -0.05) is 0 Å². The lowest BCUT2D eigenvalue weighted by molar-refractivity contribution is -0.122. The minimum absolute atomic E-state index is 0.132. The van der Waals surface area contributed by atoms with E-state index in [-0.39, 0.29) is 5.91 Å². The van der Waals surface area contributed by atoms with Crippen LogP contribution in [0.4, 0.5) is 0 Å². The van der Waals surface area contributed by atoms with Gasteiger partial charge in [0.2, 0.25) is 5.91 Å². The Kier molecular flexibility index (Phi) is 5.93. The van der Waals surface area contributed by atoms with Crippen LogP contribution >= 0.6 is 23.1 Å². The lowest BCUT2D eigenvalue weighted by Crippen LogP contribution is -2.39. The number of hydrogen-bond acceptors (Lipinski definition) is 4. The molecule has 1 aliphatic rings. The van der Waals surface area contributed by atoms with Crippen molar-refractivity contribution in [3.8, 4) is 0 Å². The predicted octanol–water partition coefficient (Wildman–Crippen LogP) is 2.89. The van der Waals surface area contributed by atoms with Gasteiger partial charge in [-0.25, -0.2) is 0 Å². The molecule has 2 atom stereocenters. The predicted molar refractivity (Wildman–Crippen MR) is 88.5 cm³/mol. The van der Waals surface area contributed by atoms with Crippen molar-refractivity contribution in [2.75, 3.05) is 19.8 Å². The summed E-state index contributed by atoms with van der Waals surface area (Å²) in [7, 11) is 2.07. The van der Waals surface area contributed by atoms with Gasteiger partial charge in [-0.05, 0) is 56.5 Å². The van der Waals surface area contributed by atoms with Crippen LogP contribution in [0.15, 0.2) is 11.4 Å². The standard InChI is InChI=1S/C15H24N2OS2/c1-11-6-7-20-14(11)9-16-15(18)10-17(2)12-4-5-13(8-12)19-3/h6-7,12-13H,4-5,8-10H2,1-3H3,(H,16,18)/t12-,13-/m1/s1. The van der Waals surface area contributed by atoms with Crippen LogP contribution in [-0.4, -0.2) is 41.9 Å². The molecule has 0 bridgehead atoms. The summed E-state index contributed by atoms with van der Waals surface area (Å²) in [5, 5.41) is 5.88. The van der Waals surface area contributed by atoms with Crippen molar-refractivity contribution in [3.63, 3.8) is 0 Å². The molecule has 1 N–H and O–H groups in total. The summed E-state index contributed by atoms with van der Waals surface area (Å²) in [5.41, 5.74) is 1.27. The highest BCUT2D eigenvalue weighted by Crippen LogP contribution is 2.30. The van der Waals surface area contributed by atoms with Gasteiger partial charge in [-0.3, -0.25) is 9.69 Å². The molecule has 0 radical (unpaired) electrons. The maximum atomic E-state index is 12.0. The molecule has 0 unspecified atom stereocenters. The number of aryl methyl sites for hydroxylation is 1. The number of thioether (sulfide) groups is 1. The average Bonchev–Trinajstić information content (AvgIpc) is 3.05. The van der Waals surface area contributed by atoms with E-state index in [1.807, 2.05) is 11.8 Å². The molecule has 3 nitrogen and oxygen atoms in total. The second kappa shape index (κ2) is 7.48. The van der Waals surface area contributed by atoms with E-state index in [0.29, 0.717) is 19.1 Å². The minimum atomic E-state index is 0.132. The smallest absolute Gasteiger partial charge is 0.234 e. The summed E-state index contributed by atoms with van der Waals surface area (Å²) in [6.45, 7) is 3.26. The van der Waals surface area contributed by atoms with Crippen LogP contribution in [0, 0.1) is 6.92 Å². The van der Waals surface area contributed by atoms with Crippen molar-refractivity contribution >= 4 is 29.0 Å². The van der Waals surface area contributed by atoms with Gasteiger partial charge in [0, 0.05) is 16.2 Å². The third-order valence-electron chi connectivity index (χ3n) is 4.12. The topological polar surface area (TPSA) is 32.3 Å². The molecule has 5 heteroatoms. The molecule has 1 aromatic rings. The molecular weight excluding hydrogens is 288 g/mol. The highest BCUT2D eigenvalue weighted by molar-refractivity contribution is 7.99. The van der Waals surface area contributed by atoms with Crippen molar-refractivity contribution in [2.24, 2.45) is 0 Å². The van der Waals surface area contributed by atoms with E-state index in [0.717, 1.165) is 5.25 Å². The minimum Gasteiger partial charge on any atom is -0.350 e. The SMILES string of the molecule is CS[C@@H]1CC[C@@H](N(C)CC(=O)NCc2sccc2C)C1. The Balaban J connectivity index is 1.73. The summed E-state index contributed by atoms with van der Waals surface area (Å²) >= 11 is 3.66. The number of carbonyl (C=O) groups excluding carboxylic acids is 1. The van der Waals surface area contributed by atoms with E-state index in [1.54, 1.807) is 11.3 Å². The molecule has 1 saturated carbocycles. The molecule has 1 heterocycles. The zero-order valence-corrected chi connectivity index (χ0v) is 14.1. The van der Waals surface area contributed by atoms with Crippen LogP contribution < -0.4 is 5.32 Å². The third-order valence-corrected chi connectivity index (χ3v) is 6.24. The maximum Gasteiger partial charge on any atom is 0.234 e. The zero-order valence-electron chi connectivity index (χ0n) is 12.5. The summed E-state index contributed by atoms with van der Waals surface area (Å²) in [4.78, 5) is 15.5. The number of carbonyl (C=O) groups is 1. The molecule has 0 aromatic carbocycles. The fraction of sp³-hybridized carbons (Fsp3) is 0.667. The summed E-state index contributed by atoms with van der Waals surface area (Å²) in [5.74, 6) is 0.132. The Morgan fingerprint density at radius 3 is 2.95 bits per heavy atom.